The summed E-state index contributed by atoms with van der Waals surface area (Å²) in [6, 6.07) is 11.8. The lowest BCUT2D eigenvalue weighted by molar-refractivity contribution is -0.384. The van der Waals surface area contributed by atoms with Gasteiger partial charge in [-0.1, -0.05) is 34.1 Å². The van der Waals surface area contributed by atoms with Crippen LogP contribution in [0.25, 0.3) is 10.9 Å². The maximum Gasteiger partial charge on any atom is 0.270 e. The summed E-state index contributed by atoms with van der Waals surface area (Å²) in [7, 11) is 0. The Morgan fingerprint density at radius 2 is 2.04 bits per heavy atom. The zero-order chi connectivity index (χ0) is 17.3. The number of H-pyrrole nitrogens is 1. The molecule has 1 unspecified atom stereocenters. The van der Waals surface area contributed by atoms with Crippen LogP contribution < -0.4 is 5.32 Å². The third-order valence-electron chi connectivity index (χ3n) is 3.84. The van der Waals surface area contributed by atoms with E-state index in [-0.39, 0.29) is 17.6 Å². The van der Waals surface area contributed by atoms with Crippen molar-refractivity contribution < 1.29 is 9.72 Å². The zero-order valence-corrected chi connectivity index (χ0v) is 14.3. The monoisotopic (exact) mass is 387 g/mol. The van der Waals surface area contributed by atoms with Crippen molar-refractivity contribution in [2.45, 2.75) is 13.0 Å². The highest BCUT2D eigenvalue weighted by molar-refractivity contribution is 9.10. The lowest BCUT2D eigenvalue weighted by Gasteiger charge is -2.15. The average Bonchev–Trinajstić information content (AvgIpc) is 2.98. The van der Waals surface area contributed by atoms with Crippen molar-refractivity contribution in [3.05, 3.63) is 74.4 Å². The molecule has 0 fully saturated rings. The molecule has 0 saturated heterocycles. The predicted molar refractivity (Wildman–Crippen MR) is 95.0 cm³/mol. The van der Waals surface area contributed by atoms with Crippen molar-refractivity contribution in [1.82, 2.24) is 10.3 Å². The van der Waals surface area contributed by atoms with Crippen molar-refractivity contribution in [3.8, 4) is 0 Å². The number of aromatic amines is 1. The SMILES string of the molecule is CC(NC(=O)c1c[nH]c2ccc([N+](=O)[O-])cc12)c1ccccc1Br. The predicted octanol–water partition coefficient (Wildman–Crippen LogP) is 4.33. The first-order valence-corrected chi connectivity index (χ1v) is 8.07. The van der Waals surface area contributed by atoms with Crippen LogP contribution in [0.4, 0.5) is 5.69 Å². The number of hydrogen-bond donors (Lipinski definition) is 2. The number of carbonyl (C=O) groups is 1. The topological polar surface area (TPSA) is 88.0 Å². The van der Waals surface area contributed by atoms with Gasteiger partial charge in [0, 0.05) is 33.7 Å². The Bertz CT molecular complexity index is 936. The molecule has 1 amide bonds. The van der Waals surface area contributed by atoms with Crippen LogP contribution in [0.1, 0.15) is 28.9 Å². The Hall–Kier alpha value is -2.67. The minimum atomic E-state index is -0.474. The van der Waals surface area contributed by atoms with Gasteiger partial charge in [0.25, 0.3) is 11.6 Å². The number of hydrogen-bond acceptors (Lipinski definition) is 3. The van der Waals surface area contributed by atoms with E-state index in [9.17, 15) is 14.9 Å². The lowest BCUT2D eigenvalue weighted by Crippen LogP contribution is -2.26. The van der Waals surface area contributed by atoms with Gasteiger partial charge < -0.3 is 10.3 Å². The first-order chi connectivity index (χ1) is 11.5. The van der Waals surface area contributed by atoms with Gasteiger partial charge in [-0.25, -0.2) is 0 Å². The van der Waals surface area contributed by atoms with Crippen LogP contribution in [0.15, 0.2) is 53.1 Å². The summed E-state index contributed by atoms with van der Waals surface area (Å²) in [6.45, 7) is 1.88. The molecular weight excluding hydrogens is 374 g/mol. The minimum Gasteiger partial charge on any atom is -0.360 e. The van der Waals surface area contributed by atoms with Crippen LogP contribution in [0, 0.1) is 10.1 Å². The van der Waals surface area contributed by atoms with Crippen LogP contribution >= 0.6 is 15.9 Å². The van der Waals surface area contributed by atoms with Gasteiger partial charge in [-0.2, -0.15) is 0 Å². The fourth-order valence-electron chi connectivity index (χ4n) is 2.59. The molecule has 0 aliphatic heterocycles. The van der Waals surface area contributed by atoms with E-state index in [0.717, 1.165) is 10.0 Å². The van der Waals surface area contributed by atoms with Gasteiger partial charge in [-0.05, 0) is 24.6 Å². The van der Waals surface area contributed by atoms with Crippen LogP contribution in [0.5, 0.6) is 0 Å². The van der Waals surface area contributed by atoms with Crippen LogP contribution in [-0.2, 0) is 0 Å². The summed E-state index contributed by atoms with van der Waals surface area (Å²) in [5.74, 6) is -0.287. The number of non-ortho nitro benzene ring substituents is 1. The standard InChI is InChI=1S/C17H14BrN3O3/c1-10(12-4-2-3-5-15(12)18)20-17(22)14-9-19-16-7-6-11(21(23)24)8-13(14)16/h2-10,19H,1H3,(H,20,22). The molecule has 3 rings (SSSR count). The first kappa shape index (κ1) is 16.2. The number of fused-ring (bicyclic) bond motifs is 1. The highest BCUT2D eigenvalue weighted by Gasteiger charge is 2.18. The number of nitro benzene ring substituents is 1. The van der Waals surface area contributed by atoms with E-state index in [1.54, 1.807) is 12.3 Å². The molecule has 1 heterocycles. The van der Waals surface area contributed by atoms with E-state index in [1.165, 1.54) is 12.1 Å². The van der Waals surface area contributed by atoms with Crippen molar-refractivity contribution in [1.29, 1.82) is 0 Å². The van der Waals surface area contributed by atoms with Crippen molar-refractivity contribution in [2.24, 2.45) is 0 Å². The Morgan fingerprint density at radius 1 is 1.29 bits per heavy atom. The van der Waals surface area contributed by atoms with E-state index < -0.39 is 4.92 Å². The maximum atomic E-state index is 12.6. The normalized spacial score (nSPS) is 12.1. The molecule has 0 aliphatic carbocycles. The number of benzene rings is 2. The Morgan fingerprint density at radius 3 is 2.75 bits per heavy atom. The summed E-state index contributed by atoms with van der Waals surface area (Å²) in [6.07, 6.45) is 1.57. The van der Waals surface area contributed by atoms with E-state index in [1.807, 2.05) is 31.2 Å². The summed E-state index contributed by atoms with van der Waals surface area (Å²) in [4.78, 5) is 26.0. The number of amides is 1. The molecule has 6 nitrogen and oxygen atoms in total. The molecule has 122 valence electrons. The zero-order valence-electron chi connectivity index (χ0n) is 12.7. The number of nitrogens with one attached hydrogen (secondary N) is 2. The summed E-state index contributed by atoms with van der Waals surface area (Å²) in [5.41, 5.74) is 1.97. The molecule has 2 N–H and O–H groups in total. The fourth-order valence-corrected chi connectivity index (χ4v) is 3.22. The van der Waals surface area contributed by atoms with Gasteiger partial charge >= 0.3 is 0 Å². The minimum absolute atomic E-state index is 0.0463. The molecule has 24 heavy (non-hydrogen) atoms. The molecule has 2 aromatic carbocycles. The maximum absolute atomic E-state index is 12.6. The summed E-state index contributed by atoms with van der Waals surface area (Å²) >= 11 is 3.47. The molecule has 0 aliphatic rings. The van der Waals surface area contributed by atoms with Crippen molar-refractivity contribution in [2.75, 3.05) is 0 Å². The van der Waals surface area contributed by atoms with E-state index >= 15 is 0 Å². The van der Waals surface area contributed by atoms with E-state index in [0.29, 0.717) is 16.5 Å². The van der Waals surface area contributed by atoms with Gasteiger partial charge in [0.15, 0.2) is 0 Å². The van der Waals surface area contributed by atoms with E-state index in [4.69, 9.17) is 0 Å². The second kappa shape index (κ2) is 6.45. The van der Waals surface area contributed by atoms with Crippen LogP contribution in [0.2, 0.25) is 0 Å². The Kier molecular flexibility index (Phi) is 4.35. The Balaban J connectivity index is 1.90. The average molecular weight is 388 g/mol. The van der Waals surface area contributed by atoms with E-state index in [2.05, 4.69) is 26.2 Å². The second-order valence-electron chi connectivity index (χ2n) is 5.41. The van der Waals surface area contributed by atoms with Crippen molar-refractivity contribution >= 4 is 38.4 Å². The number of halogens is 1. The first-order valence-electron chi connectivity index (χ1n) is 7.28. The highest BCUT2D eigenvalue weighted by atomic mass is 79.9. The molecule has 1 atom stereocenters. The third-order valence-corrected chi connectivity index (χ3v) is 4.56. The number of rotatable bonds is 4. The molecule has 0 radical (unpaired) electrons. The molecule has 0 spiro atoms. The second-order valence-corrected chi connectivity index (χ2v) is 6.26. The molecule has 0 saturated carbocycles. The summed E-state index contributed by atoms with van der Waals surface area (Å²) < 4.78 is 0.910. The molecule has 3 aromatic rings. The lowest BCUT2D eigenvalue weighted by atomic mass is 10.1. The fraction of sp³-hybridized carbons (Fsp3) is 0.118. The molecular formula is C17H14BrN3O3. The number of nitro groups is 1. The van der Waals surface area contributed by atoms with Gasteiger partial charge in [0.05, 0.1) is 16.5 Å². The largest absolute Gasteiger partial charge is 0.360 e. The van der Waals surface area contributed by atoms with Gasteiger partial charge in [-0.3, -0.25) is 14.9 Å². The third kappa shape index (κ3) is 3.03. The number of nitrogens with zero attached hydrogens (tertiary/aromatic N) is 1. The molecule has 7 heteroatoms. The van der Waals surface area contributed by atoms with Crippen molar-refractivity contribution in [3.63, 3.8) is 0 Å². The summed E-state index contributed by atoms with van der Waals surface area (Å²) in [5, 5.41) is 14.4. The quantitative estimate of drug-likeness (QED) is 0.515. The van der Waals surface area contributed by atoms with Crippen LogP contribution in [0.3, 0.4) is 0 Å². The van der Waals surface area contributed by atoms with Gasteiger partial charge in [0.1, 0.15) is 0 Å². The highest BCUT2D eigenvalue weighted by Crippen LogP contribution is 2.26. The van der Waals surface area contributed by atoms with Crippen LogP contribution in [-0.4, -0.2) is 15.8 Å². The number of carbonyl (C=O) groups excluding carboxylic acids is 1. The number of aromatic nitrogens is 1. The molecule has 0 bridgehead atoms. The molecule has 1 aromatic heterocycles. The van der Waals surface area contributed by atoms with Gasteiger partial charge in [-0.15, -0.1) is 0 Å². The smallest absolute Gasteiger partial charge is 0.270 e. The van der Waals surface area contributed by atoms with Gasteiger partial charge in [0.2, 0.25) is 0 Å². The Labute approximate surface area is 146 Å².